The molecule has 0 saturated heterocycles. The Morgan fingerprint density at radius 1 is 1.64 bits per heavy atom. The van der Waals surface area contributed by atoms with Gasteiger partial charge >= 0.3 is 0 Å². The van der Waals surface area contributed by atoms with Crippen molar-refractivity contribution >= 4 is 11.3 Å². The van der Waals surface area contributed by atoms with E-state index in [1.165, 1.54) is 4.88 Å². The van der Waals surface area contributed by atoms with Gasteiger partial charge in [0.05, 0.1) is 11.5 Å². The molecule has 1 heterocycles. The van der Waals surface area contributed by atoms with Crippen molar-refractivity contribution in [3.05, 3.63) is 22.4 Å². The summed E-state index contributed by atoms with van der Waals surface area (Å²) in [4.78, 5) is 1.29. The summed E-state index contributed by atoms with van der Waals surface area (Å²) in [7, 11) is 0. The summed E-state index contributed by atoms with van der Waals surface area (Å²) >= 11 is 1.71. The quantitative estimate of drug-likeness (QED) is 0.661. The predicted molar refractivity (Wildman–Crippen MR) is 47.4 cm³/mol. The van der Waals surface area contributed by atoms with Crippen LogP contribution < -0.4 is 0 Å². The highest BCUT2D eigenvalue weighted by molar-refractivity contribution is 7.09. The first-order valence-electron chi connectivity index (χ1n) is 3.58. The van der Waals surface area contributed by atoms with Crippen LogP contribution in [0.25, 0.3) is 0 Å². The number of nitriles is 1. The van der Waals surface area contributed by atoms with E-state index in [0.29, 0.717) is 0 Å². The van der Waals surface area contributed by atoms with Gasteiger partial charge in [0.1, 0.15) is 0 Å². The lowest BCUT2D eigenvalue weighted by Gasteiger charge is -2.12. The van der Waals surface area contributed by atoms with Gasteiger partial charge in [0.2, 0.25) is 0 Å². The minimum Gasteiger partial charge on any atom is -0.198 e. The van der Waals surface area contributed by atoms with Crippen molar-refractivity contribution in [3.63, 3.8) is 0 Å². The molecule has 11 heavy (non-hydrogen) atoms. The topological polar surface area (TPSA) is 23.8 Å². The first-order valence-corrected chi connectivity index (χ1v) is 4.46. The second-order valence-electron chi connectivity index (χ2n) is 3.25. The molecule has 0 spiro atoms. The van der Waals surface area contributed by atoms with Crippen molar-refractivity contribution < 1.29 is 0 Å². The minimum absolute atomic E-state index is 0.217. The fourth-order valence-electron chi connectivity index (χ4n) is 0.888. The van der Waals surface area contributed by atoms with Crippen molar-refractivity contribution in [2.45, 2.75) is 20.3 Å². The minimum atomic E-state index is -0.217. The average molecular weight is 165 g/mol. The normalized spacial score (nSPS) is 11.0. The first-order chi connectivity index (χ1) is 5.14. The summed E-state index contributed by atoms with van der Waals surface area (Å²) in [6.45, 7) is 3.93. The van der Waals surface area contributed by atoms with E-state index in [9.17, 15) is 0 Å². The van der Waals surface area contributed by atoms with Crippen LogP contribution in [0.15, 0.2) is 17.5 Å². The summed E-state index contributed by atoms with van der Waals surface area (Å²) in [5, 5.41) is 10.8. The van der Waals surface area contributed by atoms with E-state index in [1.54, 1.807) is 11.3 Å². The van der Waals surface area contributed by atoms with Crippen molar-refractivity contribution in [2.24, 2.45) is 5.41 Å². The average Bonchev–Trinajstić information content (AvgIpc) is 2.39. The molecule has 0 radical (unpaired) electrons. The molecule has 0 bridgehead atoms. The van der Waals surface area contributed by atoms with Crippen LogP contribution in [-0.4, -0.2) is 0 Å². The molecule has 0 aliphatic rings. The molecule has 58 valence electrons. The SMILES string of the molecule is CC(C)(C#N)Cc1cccs1. The van der Waals surface area contributed by atoms with E-state index >= 15 is 0 Å². The van der Waals surface area contributed by atoms with Gasteiger partial charge in [-0.15, -0.1) is 11.3 Å². The molecule has 0 amide bonds. The molecule has 0 aromatic carbocycles. The maximum Gasteiger partial charge on any atom is 0.0687 e. The van der Waals surface area contributed by atoms with Crippen LogP contribution in [0, 0.1) is 16.7 Å². The number of hydrogen-bond donors (Lipinski definition) is 0. The molecule has 0 atom stereocenters. The molecule has 1 aromatic heterocycles. The van der Waals surface area contributed by atoms with E-state index < -0.39 is 0 Å². The third kappa shape index (κ3) is 2.36. The van der Waals surface area contributed by atoms with Gasteiger partial charge in [-0.05, 0) is 31.7 Å². The zero-order valence-electron chi connectivity index (χ0n) is 6.79. The number of nitrogens with zero attached hydrogens (tertiary/aromatic N) is 1. The van der Waals surface area contributed by atoms with Crippen LogP contribution in [0.2, 0.25) is 0 Å². The Labute approximate surface area is 71.3 Å². The fraction of sp³-hybridized carbons (Fsp3) is 0.444. The zero-order valence-corrected chi connectivity index (χ0v) is 7.61. The Kier molecular flexibility index (Phi) is 2.31. The molecule has 1 rings (SSSR count). The molecule has 1 aromatic rings. The standard InChI is InChI=1S/C9H11NS/c1-9(2,7-10)6-8-4-3-5-11-8/h3-5H,6H2,1-2H3. The monoisotopic (exact) mass is 165 g/mol. The van der Waals surface area contributed by atoms with Crippen LogP contribution in [0.3, 0.4) is 0 Å². The van der Waals surface area contributed by atoms with Gasteiger partial charge < -0.3 is 0 Å². The highest BCUT2D eigenvalue weighted by atomic mass is 32.1. The second-order valence-corrected chi connectivity index (χ2v) is 4.28. The van der Waals surface area contributed by atoms with Gasteiger partial charge in [0, 0.05) is 4.88 Å². The van der Waals surface area contributed by atoms with Crippen molar-refractivity contribution in [3.8, 4) is 6.07 Å². The highest BCUT2D eigenvalue weighted by Gasteiger charge is 2.17. The van der Waals surface area contributed by atoms with E-state index in [0.717, 1.165) is 6.42 Å². The molecule has 2 heteroatoms. The Hall–Kier alpha value is -0.810. The van der Waals surface area contributed by atoms with Crippen molar-refractivity contribution in [1.82, 2.24) is 0 Å². The molecule has 0 aliphatic heterocycles. The van der Waals surface area contributed by atoms with Crippen LogP contribution in [0.1, 0.15) is 18.7 Å². The molecule has 1 nitrogen and oxygen atoms in total. The first kappa shape index (κ1) is 8.29. The number of hydrogen-bond acceptors (Lipinski definition) is 2. The maximum atomic E-state index is 8.75. The fourth-order valence-corrected chi connectivity index (χ4v) is 1.82. The molecule has 0 fully saturated rings. The number of rotatable bonds is 2. The Morgan fingerprint density at radius 3 is 2.82 bits per heavy atom. The largest absolute Gasteiger partial charge is 0.198 e. The molecule has 0 N–H and O–H groups in total. The Balaban J connectivity index is 2.65. The summed E-state index contributed by atoms with van der Waals surface area (Å²) in [6.07, 6.45) is 0.862. The maximum absolute atomic E-state index is 8.75. The lowest BCUT2D eigenvalue weighted by Crippen LogP contribution is -2.10. The second kappa shape index (κ2) is 3.06. The van der Waals surface area contributed by atoms with Crippen LogP contribution >= 0.6 is 11.3 Å². The van der Waals surface area contributed by atoms with E-state index in [1.807, 2.05) is 25.3 Å². The van der Waals surface area contributed by atoms with Crippen molar-refractivity contribution in [1.29, 1.82) is 5.26 Å². The van der Waals surface area contributed by atoms with Crippen LogP contribution in [0.4, 0.5) is 0 Å². The van der Waals surface area contributed by atoms with Gasteiger partial charge in [-0.2, -0.15) is 5.26 Å². The van der Waals surface area contributed by atoms with Crippen LogP contribution in [-0.2, 0) is 6.42 Å². The summed E-state index contributed by atoms with van der Waals surface area (Å²) in [6, 6.07) is 6.38. The molecule has 0 aliphatic carbocycles. The summed E-state index contributed by atoms with van der Waals surface area (Å²) < 4.78 is 0. The smallest absolute Gasteiger partial charge is 0.0687 e. The number of thiophene rings is 1. The molecular weight excluding hydrogens is 154 g/mol. The molecular formula is C9H11NS. The Morgan fingerprint density at radius 2 is 2.36 bits per heavy atom. The summed E-state index contributed by atoms with van der Waals surface area (Å²) in [5.74, 6) is 0. The highest BCUT2D eigenvalue weighted by Crippen LogP contribution is 2.23. The van der Waals surface area contributed by atoms with Crippen molar-refractivity contribution in [2.75, 3.05) is 0 Å². The lowest BCUT2D eigenvalue weighted by molar-refractivity contribution is 0.498. The molecule has 0 saturated carbocycles. The third-order valence-corrected chi connectivity index (χ3v) is 2.38. The van der Waals surface area contributed by atoms with Crippen LogP contribution in [0.5, 0.6) is 0 Å². The van der Waals surface area contributed by atoms with Gasteiger partial charge in [0.15, 0.2) is 0 Å². The lowest BCUT2D eigenvalue weighted by atomic mass is 9.91. The predicted octanol–water partition coefficient (Wildman–Crippen LogP) is 2.84. The third-order valence-electron chi connectivity index (χ3n) is 1.50. The summed E-state index contributed by atoms with van der Waals surface area (Å²) in [5.41, 5.74) is -0.217. The van der Waals surface area contributed by atoms with Gasteiger partial charge in [-0.25, -0.2) is 0 Å². The van der Waals surface area contributed by atoms with Gasteiger partial charge in [-0.1, -0.05) is 6.07 Å². The van der Waals surface area contributed by atoms with Gasteiger partial charge in [-0.3, -0.25) is 0 Å². The zero-order chi connectivity index (χ0) is 8.32. The van der Waals surface area contributed by atoms with E-state index in [4.69, 9.17) is 5.26 Å². The Bertz CT molecular complexity index is 254. The molecule has 0 unspecified atom stereocenters. The van der Waals surface area contributed by atoms with E-state index in [2.05, 4.69) is 12.1 Å². The van der Waals surface area contributed by atoms with Gasteiger partial charge in [0.25, 0.3) is 0 Å². The van der Waals surface area contributed by atoms with E-state index in [-0.39, 0.29) is 5.41 Å².